The van der Waals surface area contributed by atoms with E-state index in [9.17, 15) is 4.79 Å². The summed E-state index contributed by atoms with van der Waals surface area (Å²) in [4.78, 5) is 11.7. The van der Waals surface area contributed by atoms with Gasteiger partial charge in [0.2, 0.25) is 5.91 Å². The fraction of sp³-hybridized carbons (Fsp3) is 0.556. The molecule has 0 bridgehead atoms. The van der Waals surface area contributed by atoms with Crippen molar-refractivity contribution < 1.29 is 9.53 Å². The molecule has 0 saturated heterocycles. The lowest BCUT2D eigenvalue weighted by molar-refractivity contribution is -0.121. The molecule has 1 aromatic carbocycles. The van der Waals surface area contributed by atoms with Crippen molar-refractivity contribution in [2.45, 2.75) is 58.8 Å². The highest BCUT2D eigenvalue weighted by atomic mass is 16.5. The molecule has 22 heavy (non-hydrogen) atoms. The molecule has 122 valence electrons. The van der Waals surface area contributed by atoms with Gasteiger partial charge in [-0.25, -0.2) is 5.43 Å². The zero-order valence-corrected chi connectivity index (χ0v) is 14.0. The largest absolute Gasteiger partial charge is 0.497 e. The highest BCUT2D eigenvalue weighted by molar-refractivity contribution is 5.99. The van der Waals surface area contributed by atoms with E-state index in [0.717, 1.165) is 29.9 Å². The van der Waals surface area contributed by atoms with Crippen molar-refractivity contribution in [1.82, 2.24) is 5.43 Å². The maximum absolute atomic E-state index is 11.7. The highest BCUT2D eigenvalue weighted by Gasteiger charge is 2.02. The number of benzene rings is 1. The lowest BCUT2D eigenvalue weighted by Gasteiger charge is -2.04. The second-order valence-corrected chi connectivity index (χ2v) is 5.48. The van der Waals surface area contributed by atoms with E-state index in [2.05, 4.69) is 17.5 Å². The minimum absolute atomic E-state index is 0.0108. The molecule has 1 N–H and O–H groups in total. The summed E-state index contributed by atoms with van der Waals surface area (Å²) in [7, 11) is 1.64. The molecule has 1 aromatic rings. The number of hydrogen-bond donors (Lipinski definition) is 1. The van der Waals surface area contributed by atoms with Crippen LogP contribution in [-0.4, -0.2) is 18.7 Å². The van der Waals surface area contributed by atoms with E-state index in [1.165, 1.54) is 25.7 Å². The standard InChI is InChI=1S/C18H28N2O2/c1-4-5-6-7-8-9-10-18(21)20-19-15(2)16-11-13-17(22-3)14-12-16/h11-14H,4-10H2,1-3H3,(H,20,21)/b19-15+. The maximum atomic E-state index is 11.7. The van der Waals surface area contributed by atoms with Crippen molar-refractivity contribution in [3.63, 3.8) is 0 Å². The average Bonchev–Trinajstić information content (AvgIpc) is 2.56. The first-order valence-corrected chi connectivity index (χ1v) is 8.15. The molecular formula is C18H28N2O2. The third kappa shape index (κ3) is 7.25. The van der Waals surface area contributed by atoms with Gasteiger partial charge in [-0.3, -0.25) is 4.79 Å². The average molecular weight is 304 g/mol. The molecule has 0 spiro atoms. The molecule has 0 aliphatic rings. The van der Waals surface area contributed by atoms with E-state index < -0.39 is 0 Å². The normalized spacial score (nSPS) is 11.3. The molecule has 1 amide bonds. The van der Waals surface area contributed by atoms with Gasteiger partial charge in [0.25, 0.3) is 0 Å². The summed E-state index contributed by atoms with van der Waals surface area (Å²) < 4.78 is 5.12. The summed E-state index contributed by atoms with van der Waals surface area (Å²) in [5.41, 5.74) is 4.39. The molecule has 0 aliphatic heterocycles. The molecule has 0 aliphatic carbocycles. The van der Waals surface area contributed by atoms with Gasteiger partial charge >= 0.3 is 0 Å². The Morgan fingerprint density at radius 1 is 1.09 bits per heavy atom. The van der Waals surface area contributed by atoms with Crippen molar-refractivity contribution in [1.29, 1.82) is 0 Å². The lowest BCUT2D eigenvalue weighted by Crippen LogP contribution is -2.18. The van der Waals surface area contributed by atoms with Gasteiger partial charge < -0.3 is 4.74 Å². The summed E-state index contributed by atoms with van der Waals surface area (Å²) >= 11 is 0. The van der Waals surface area contributed by atoms with Gasteiger partial charge in [-0.05, 0) is 43.2 Å². The van der Waals surface area contributed by atoms with Crippen LogP contribution in [0.25, 0.3) is 0 Å². The van der Waals surface area contributed by atoms with Crippen LogP contribution in [0.2, 0.25) is 0 Å². The first-order chi connectivity index (χ1) is 10.7. The summed E-state index contributed by atoms with van der Waals surface area (Å²) in [6, 6.07) is 7.62. The molecule has 4 nitrogen and oxygen atoms in total. The SMILES string of the molecule is CCCCCCCCC(=O)N/N=C(\C)c1ccc(OC)cc1. The van der Waals surface area contributed by atoms with Crippen molar-refractivity contribution in [3.05, 3.63) is 29.8 Å². The first kappa shape index (κ1) is 18.2. The third-order valence-corrected chi connectivity index (χ3v) is 3.61. The van der Waals surface area contributed by atoms with E-state index in [-0.39, 0.29) is 5.91 Å². The molecule has 0 fully saturated rings. The molecule has 0 heterocycles. The number of hydrogen-bond acceptors (Lipinski definition) is 3. The van der Waals surface area contributed by atoms with Crippen LogP contribution in [0.1, 0.15) is 64.4 Å². The molecular weight excluding hydrogens is 276 g/mol. The van der Waals surface area contributed by atoms with Crippen LogP contribution in [0.4, 0.5) is 0 Å². The number of carbonyl (C=O) groups is 1. The number of amides is 1. The highest BCUT2D eigenvalue weighted by Crippen LogP contribution is 2.12. The Morgan fingerprint density at radius 3 is 2.36 bits per heavy atom. The van der Waals surface area contributed by atoms with E-state index in [1.54, 1.807) is 7.11 Å². The summed E-state index contributed by atoms with van der Waals surface area (Å²) in [6.45, 7) is 4.09. The second kappa shape index (κ2) is 10.8. The van der Waals surface area contributed by atoms with Gasteiger partial charge in [-0.15, -0.1) is 0 Å². The Balaban J connectivity index is 2.28. The number of carbonyl (C=O) groups excluding carboxylic acids is 1. The van der Waals surface area contributed by atoms with Gasteiger partial charge in [-0.2, -0.15) is 5.10 Å². The van der Waals surface area contributed by atoms with E-state index in [1.807, 2.05) is 31.2 Å². The van der Waals surface area contributed by atoms with Crippen LogP contribution < -0.4 is 10.2 Å². The van der Waals surface area contributed by atoms with Crippen molar-refractivity contribution in [2.24, 2.45) is 5.10 Å². The predicted octanol–water partition coefficient (Wildman–Crippen LogP) is 4.29. The zero-order chi connectivity index (χ0) is 16.2. The molecule has 0 aromatic heterocycles. The van der Waals surface area contributed by atoms with Gasteiger partial charge in [0.1, 0.15) is 5.75 Å². The van der Waals surface area contributed by atoms with Crippen LogP contribution in [0.15, 0.2) is 29.4 Å². The number of unbranched alkanes of at least 4 members (excludes halogenated alkanes) is 5. The number of rotatable bonds is 10. The molecule has 1 rings (SSSR count). The fourth-order valence-electron chi connectivity index (χ4n) is 2.16. The Hall–Kier alpha value is -1.84. The quantitative estimate of drug-likeness (QED) is 0.398. The smallest absolute Gasteiger partial charge is 0.240 e. The monoisotopic (exact) mass is 304 g/mol. The number of ether oxygens (including phenoxy) is 1. The van der Waals surface area contributed by atoms with Crippen LogP contribution >= 0.6 is 0 Å². The Morgan fingerprint density at radius 2 is 1.73 bits per heavy atom. The van der Waals surface area contributed by atoms with Gasteiger partial charge in [-0.1, -0.05) is 39.0 Å². The molecule has 0 radical (unpaired) electrons. The Labute approximate surface area is 134 Å². The van der Waals surface area contributed by atoms with Crippen LogP contribution in [-0.2, 0) is 4.79 Å². The minimum atomic E-state index is -0.0108. The fourth-order valence-corrected chi connectivity index (χ4v) is 2.16. The number of hydrazone groups is 1. The Kier molecular flexibility index (Phi) is 8.96. The van der Waals surface area contributed by atoms with Crippen molar-refractivity contribution in [2.75, 3.05) is 7.11 Å². The van der Waals surface area contributed by atoms with E-state index in [4.69, 9.17) is 4.74 Å². The lowest BCUT2D eigenvalue weighted by atomic mass is 10.1. The summed E-state index contributed by atoms with van der Waals surface area (Å²) in [5, 5.41) is 4.15. The number of methoxy groups -OCH3 is 1. The topological polar surface area (TPSA) is 50.7 Å². The first-order valence-electron chi connectivity index (χ1n) is 8.15. The number of nitrogens with zero attached hydrogens (tertiary/aromatic N) is 1. The second-order valence-electron chi connectivity index (χ2n) is 5.48. The third-order valence-electron chi connectivity index (χ3n) is 3.61. The predicted molar refractivity (Wildman–Crippen MR) is 91.3 cm³/mol. The minimum Gasteiger partial charge on any atom is -0.497 e. The summed E-state index contributed by atoms with van der Waals surface area (Å²) in [5.74, 6) is 0.798. The van der Waals surface area contributed by atoms with Gasteiger partial charge in [0.05, 0.1) is 12.8 Å². The van der Waals surface area contributed by atoms with Gasteiger partial charge in [0.15, 0.2) is 0 Å². The van der Waals surface area contributed by atoms with Gasteiger partial charge in [0, 0.05) is 6.42 Å². The van der Waals surface area contributed by atoms with Crippen LogP contribution in [0.3, 0.4) is 0 Å². The summed E-state index contributed by atoms with van der Waals surface area (Å²) in [6.07, 6.45) is 7.63. The van der Waals surface area contributed by atoms with E-state index >= 15 is 0 Å². The Bertz CT molecular complexity index is 466. The van der Waals surface area contributed by atoms with Crippen LogP contribution in [0.5, 0.6) is 5.75 Å². The molecule has 0 atom stereocenters. The zero-order valence-electron chi connectivity index (χ0n) is 14.0. The maximum Gasteiger partial charge on any atom is 0.240 e. The number of nitrogens with one attached hydrogen (secondary N) is 1. The molecule has 4 heteroatoms. The van der Waals surface area contributed by atoms with Crippen molar-refractivity contribution in [3.8, 4) is 5.75 Å². The van der Waals surface area contributed by atoms with E-state index in [0.29, 0.717) is 6.42 Å². The molecule has 0 unspecified atom stereocenters. The molecule has 0 saturated carbocycles. The van der Waals surface area contributed by atoms with Crippen LogP contribution in [0, 0.1) is 0 Å². The van der Waals surface area contributed by atoms with Crippen molar-refractivity contribution >= 4 is 11.6 Å².